The highest BCUT2D eigenvalue weighted by Crippen LogP contribution is 2.33. The number of carbonyl (C=O) groups is 1. The van der Waals surface area contributed by atoms with Gasteiger partial charge in [-0.1, -0.05) is 11.6 Å². The van der Waals surface area contributed by atoms with Gasteiger partial charge in [-0.15, -0.1) is 0 Å². The van der Waals surface area contributed by atoms with Gasteiger partial charge in [-0.05, 0) is 50.9 Å². The fourth-order valence-electron chi connectivity index (χ4n) is 2.33. The zero-order valence-corrected chi connectivity index (χ0v) is 8.17. The first-order valence-electron chi connectivity index (χ1n) is 5.53. The minimum Gasteiger partial charge on any atom is -0.303 e. The van der Waals surface area contributed by atoms with Crippen molar-refractivity contribution in [3.63, 3.8) is 0 Å². The highest BCUT2D eigenvalue weighted by molar-refractivity contribution is 5.53. The molecule has 0 aromatic carbocycles. The van der Waals surface area contributed by atoms with Crippen molar-refractivity contribution in [2.75, 3.05) is 0 Å². The number of hydrogen-bond acceptors (Lipinski definition) is 1. The highest BCUT2D eigenvalue weighted by atomic mass is 16.1. The smallest absolute Gasteiger partial charge is 0.123 e. The molecule has 0 atom stereocenters. The Balaban J connectivity index is 1.80. The minimum atomic E-state index is 0.371. The van der Waals surface area contributed by atoms with Crippen LogP contribution in [0.3, 0.4) is 0 Å². The molecule has 2 aliphatic rings. The molecule has 0 amide bonds. The van der Waals surface area contributed by atoms with Crippen molar-refractivity contribution < 1.29 is 4.79 Å². The lowest BCUT2D eigenvalue weighted by atomic mass is 9.79. The molecule has 2 aliphatic carbocycles. The molecule has 0 aliphatic heterocycles. The highest BCUT2D eigenvalue weighted by Gasteiger charge is 2.20. The third-order valence-corrected chi connectivity index (χ3v) is 3.48. The van der Waals surface area contributed by atoms with Crippen LogP contribution in [0.1, 0.15) is 44.9 Å². The van der Waals surface area contributed by atoms with Crippen LogP contribution in [0.2, 0.25) is 0 Å². The SMILES string of the molecule is O=CC1CCC(C=C2CCC2)CC1. The van der Waals surface area contributed by atoms with Gasteiger partial charge in [0.25, 0.3) is 0 Å². The second-order valence-corrected chi connectivity index (χ2v) is 4.49. The van der Waals surface area contributed by atoms with E-state index in [0.717, 1.165) is 25.0 Å². The van der Waals surface area contributed by atoms with Gasteiger partial charge in [0.05, 0.1) is 0 Å². The summed E-state index contributed by atoms with van der Waals surface area (Å²) in [7, 11) is 0. The summed E-state index contributed by atoms with van der Waals surface area (Å²) < 4.78 is 0. The maximum Gasteiger partial charge on any atom is 0.123 e. The van der Waals surface area contributed by atoms with Gasteiger partial charge in [0.1, 0.15) is 6.29 Å². The van der Waals surface area contributed by atoms with Gasteiger partial charge in [-0.3, -0.25) is 0 Å². The van der Waals surface area contributed by atoms with Crippen LogP contribution in [0, 0.1) is 11.8 Å². The van der Waals surface area contributed by atoms with Crippen molar-refractivity contribution in [3.8, 4) is 0 Å². The van der Waals surface area contributed by atoms with E-state index in [2.05, 4.69) is 6.08 Å². The van der Waals surface area contributed by atoms with Crippen molar-refractivity contribution in [2.45, 2.75) is 44.9 Å². The molecule has 1 nitrogen and oxygen atoms in total. The Morgan fingerprint density at radius 3 is 2.08 bits per heavy atom. The second-order valence-electron chi connectivity index (χ2n) is 4.49. The molecule has 13 heavy (non-hydrogen) atoms. The molecular formula is C12H18O. The number of aldehydes is 1. The summed E-state index contributed by atoms with van der Waals surface area (Å²) in [5, 5.41) is 0. The first-order valence-corrected chi connectivity index (χ1v) is 5.53. The summed E-state index contributed by atoms with van der Waals surface area (Å²) >= 11 is 0. The largest absolute Gasteiger partial charge is 0.303 e. The van der Waals surface area contributed by atoms with E-state index in [4.69, 9.17) is 0 Å². The van der Waals surface area contributed by atoms with E-state index in [0.29, 0.717) is 5.92 Å². The maximum absolute atomic E-state index is 10.5. The van der Waals surface area contributed by atoms with Gasteiger partial charge in [-0.25, -0.2) is 0 Å². The monoisotopic (exact) mass is 178 g/mol. The van der Waals surface area contributed by atoms with Crippen LogP contribution in [0.15, 0.2) is 11.6 Å². The Hall–Kier alpha value is -0.590. The van der Waals surface area contributed by atoms with E-state index in [-0.39, 0.29) is 0 Å². The van der Waals surface area contributed by atoms with Crippen LogP contribution in [0.5, 0.6) is 0 Å². The topological polar surface area (TPSA) is 17.1 Å². The third kappa shape index (κ3) is 2.20. The number of carbonyl (C=O) groups excluding carboxylic acids is 1. The fraction of sp³-hybridized carbons (Fsp3) is 0.750. The minimum absolute atomic E-state index is 0.371. The first-order chi connectivity index (χ1) is 6.38. The van der Waals surface area contributed by atoms with Crippen molar-refractivity contribution >= 4 is 6.29 Å². The van der Waals surface area contributed by atoms with E-state index < -0.39 is 0 Å². The van der Waals surface area contributed by atoms with Gasteiger partial charge in [0, 0.05) is 5.92 Å². The molecule has 1 heteroatoms. The lowest BCUT2D eigenvalue weighted by Gasteiger charge is -2.26. The van der Waals surface area contributed by atoms with Crippen molar-refractivity contribution in [2.24, 2.45) is 11.8 Å². The summed E-state index contributed by atoms with van der Waals surface area (Å²) in [5.74, 6) is 1.17. The number of allylic oxidation sites excluding steroid dienone is 2. The Kier molecular flexibility index (Phi) is 2.82. The summed E-state index contributed by atoms with van der Waals surface area (Å²) in [4.78, 5) is 10.5. The van der Waals surface area contributed by atoms with Gasteiger partial charge < -0.3 is 4.79 Å². The van der Waals surface area contributed by atoms with Crippen LogP contribution in [-0.2, 0) is 4.79 Å². The molecule has 2 fully saturated rings. The molecule has 0 bridgehead atoms. The Bertz CT molecular complexity index is 203. The van der Waals surface area contributed by atoms with Gasteiger partial charge in [0.15, 0.2) is 0 Å². The van der Waals surface area contributed by atoms with E-state index in [1.165, 1.54) is 32.1 Å². The van der Waals surface area contributed by atoms with Gasteiger partial charge >= 0.3 is 0 Å². The molecule has 0 unspecified atom stereocenters. The van der Waals surface area contributed by atoms with Crippen molar-refractivity contribution in [1.29, 1.82) is 0 Å². The molecule has 0 radical (unpaired) electrons. The molecular weight excluding hydrogens is 160 g/mol. The van der Waals surface area contributed by atoms with Gasteiger partial charge in [0.2, 0.25) is 0 Å². The predicted molar refractivity (Wildman–Crippen MR) is 53.4 cm³/mol. The average Bonchev–Trinajstić information content (AvgIpc) is 2.12. The lowest BCUT2D eigenvalue weighted by molar-refractivity contribution is -0.112. The molecule has 72 valence electrons. The normalized spacial score (nSPS) is 33.7. The van der Waals surface area contributed by atoms with Crippen molar-refractivity contribution in [3.05, 3.63) is 11.6 Å². The van der Waals surface area contributed by atoms with Crippen molar-refractivity contribution in [1.82, 2.24) is 0 Å². The fourth-order valence-corrected chi connectivity index (χ4v) is 2.33. The van der Waals surface area contributed by atoms with Crippen LogP contribution in [0.25, 0.3) is 0 Å². The Labute approximate surface area is 80.2 Å². The molecule has 2 rings (SSSR count). The molecule has 2 saturated carbocycles. The summed E-state index contributed by atoms with van der Waals surface area (Å²) in [6.45, 7) is 0. The van der Waals surface area contributed by atoms with E-state index >= 15 is 0 Å². The zero-order valence-electron chi connectivity index (χ0n) is 8.17. The zero-order chi connectivity index (χ0) is 9.10. The van der Waals surface area contributed by atoms with Gasteiger partial charge in [-0.2, -0.15) is 0 Å². The molecule has 0 aromatic heterocycles. The maximum atomic E-state index is 10.5. The first kappa shape index (κ1) is 8.98. The predicted octanol–water partition coefficient (Wildman–Crippen LogP) is 3.10. The lowest BCUT2D eigenvalue weighted by Crippen LogP contribution is -2.15. The van der Waals surface area contributed by atoms with Crippen LogP contribution < -0.4 is 0 Å². The van der Waals surface area contributed by atoms with E-state index in [1.54, 1.807) is 5.57 Å². The number of hydrogen-bond donors (Lipinski definition) is 0. The molecule has 0 heterocycles. The summed E-state index contributed by atoms with van der Waals surface area (Å²) in [5.41, 5.74) is 1.68. The molecule has 0 N–H and O–H groups in total. The average molecular weight is 178 g/mol. The second kappa shape index (κ2) is 4.08. The quantitative estimate of drug-likeness (QED) is 0.469. The molecule has 0 aromatic rings. The Morgan fingerprint density at radius 2 is 1.62 bits per heavy atom. The molecule has 0 saturated heterocycles. The van der Waals surface area contributed by atoms with Crippen LogP contribution in [-0.4, -0.2) is 6.29 Å². The summed E-state index contributed by atoms with van der Waals surface area (Å²) in [6, 6.07) is 0. The Morgan fingerprint density at radius 1 is 1.00 bits per heavy atom. The number of rotatable bonds is 2. The third-order valence-electron chi connectivity index (χ3n) is 3.48. The van der Waals surface area contributed by atoms with E-state index in [1.807, 2.05) is 0 Å². The summed E-state index contributed by atoms with van der Waals surface area (Å²) in [6.07, 6.45) is 12.4. The standard InChI is InChI=1S/C12H18O/c13-9-12-6-4-11(5-7-12)8-10-2-1-3-10/h8-9,11-12H,1-7H2. The van der Waals surface area contributed by atoms with Crippen LogP contribution >= 0.6 is 0 Å². The molecule has 0 spiro atoms. The van der Waals surface area contributed by atoms with E-state index in [9.17, 15) is 4.79 Å². The van der Waals surface area contributed by atoms with Crippen LogP contribution in [0.4, 0.5) is 0 Å².